The highest BCUT2D eigenvalue weighted by Gasteiger charge is 2.36. The Balaban J connectivity index is 0.000000143. The third-order valence-corrected chi connectivity index (χ3v) is 7.59. The molecule has 5 heterocycles. The number of hydrogen-bond donors (Lipinski definition) is 3. The molecule has 4 aliphatic heterocycles. The van der Waals surface area contributed by atoms with Crippen molar-refractivity contribution in [3.05, 3.63) is 11.6 Å². The summed E-state index contributed by atoms with van der Waals surface area (Å²) in [5, 5.41) is 19.1. The molecule has 5 rings (SSSR count). The van der Waals surface area contributed by atoms with Gasteiger partial charge in [0, 0.05) is 81.6 Å². The first-order valence-electron chi connectivity index (χ1n) is 10.9. The Bertz CT molecular complexity index is 587. The van der Waals surface area contributed by atoms with Crippen molar-refractivity contribution >= 4 is 16.5 Å². The van der Waals surface area contributed by atoms with Crippen molar-refractivity contribution in [2.24, 2.45) is 0 Å². The van der Waals surface area contributed by atoms with Crippen LogP contribution in [-0.4, -0.2) is 108 Å². The molecule has 8 heteroatoms. The molecule has 4 saturated heterocycles. The van der Waals surface area contributed by atoms with Crippen molar-refractivity contribution in [3.63, 3.8) is 0 Å². The van der Waals surface area contributed by atoms with Crippen molar-refractivity contribution < 1.29 is 5.11 Å². The van der Waals surface area contributed by atoms with Gasteiger partial charge >= 0.3 is 0 Å². The SMILES string of the molecule is CN1CCN2C(CO)CCC2C1.c1csc(NCC2CCC3CNCCN32)n1. The van der Waals surface area contributed by atoms with Crippen molar-refractivity contribution in [1.82, 2.24) is 25.0 Å². The van der Waals surface area contributed by atoms with Gasteiger partial charge in [-0.2, -0.15) is 0 Å². The van der Waals surface area contributed by atoms with E-state index < -0.39 is 0 Å². The molecular weight excluding hydrogens is 372 g/mol. The first-order chi connectivity index (χ1) is 13.7. The monoisotopic (exact) mass is 408 g/mol. The molecule has 1 aromatic rings. The second-order valence-corrected chi connectivity index (χ2v) is 9.51. The van der Waals surface area contributed by atoms with Gasteiger partial charge in [0.1, 0.15) is 0 Å². The average molecular weight is 409 g/mol. The van der Waals surface area contributed by atoms with Crippen molar-refractivity contribution in [2.75, 3.05) is 64.8 Å². The van der Waals surface area contributed by atoms with E-state index in [-0.39, 0.29) is 0 Å². The highest BCUT2D eigenvalue weighted by atomic mass is 32.1. The summed E-state index contributed by atoms with van der Waals surface area (Å²) in [4.78, 5) is 11.8. The number of anilines is 1. The largest absolute Gasteiger partial charge is 0.395 e. The minimum atomic E-state index is 0.347. The number of fused-ring (bicyclic) bond motifs is 2. The molecule has 4 unspecified atom stereocenters. The molecule has 0 saturated carbocycles. The number of aliphatic hydroxyl groups excluding tert-OH is 1. The molecule has 0 aromatic carbocycles. The molecule has 0 bridgehead atoms. The van der Waals surface area contributed by atoms with Crippen LogP contribution in [0.4, 0.5) is 5.13 Å². The van der Waals surface area contributed by atoms with Gasteiger partial charge in [-0.15, -0.1) is 11.3 Å². The Kier molecular flexibility index (Phi) is 7.19. The number of nitrogens with one attached hydrogen (secondary N) is 2. The second kappa shape index (κ2) is 9.82. The molecule has 158 valence electrons. The molecule has 0 radical (unpaired) electrons. The van der Waals surface area contributed by atoms with E-state index in [0.717, 1.165) is 43.4 Å². The Morgan fingerprint density at radius 1 is 1.14 bits per heavy atom. The molecule has 0 amide bonds. The topological polar surface area (TPSA) is 66.9 Å². The van der Waals surface area contributed by atoms with Gasteiger partial charge in [0.25, 0.3) is 0 Å². The molecule has 28 heavy (non-hydrogen) atoms. The fourth-order valence-electron chi connectivity index (χ4n) is 5.32. The van der Waals surface area contributed by atoms with Crippen LogP contribution in [0.25, 0.3) is 0 Å². The van der Waals surface area contributed by atoms with E-state index in [4.69, 9.17) is 5.11 Å². The Morgan fingerprint density at radius 3 is 2.79 bits per heavy atom. The standard InChI is InChI=1S/C11H18N4S.C9H18N2O/c1-2-10(8-14-11-13-4-6-16-11)15-5-3-12-7-9(1)15;1-10-4-5-11-8(6-10)2-3-9(11)7-12/h4,6,9-10,12H,1-3,5,7-8H2,(H,13,14);8-9,12H,2-7H2,1H3. The minimum Gasteiger partial charge on any atom is -0.395 e. The zero-order valence-corrected chi connectivity index (χ0v) is 17.9. The van der Waals surface area contributed by atoms with Gasteiger partial charge < -0.3 is 20.6 Å². The normalized spacial score (nSPS) is 33.8. The summed E-state index contributed by atoms with van der Waals surface area (Å²) < 4.78 is 0. The van der Waals surface area contributed by atoms with Gasteiger partial charge in [-0.3, -0.25) is 9.80 Å². The van der Waals surface area contributed by atoms with E-state index in [1.165, 1.54) is 45.3 Å². The third-order valence-electron chi connectivity index (χ3n) is 6.86. The predicted octanol–water partition coefficient (Wildman–Crippen LogP) is 0.748. The smallest absolute Gasteiger partial charge is 0.182 e. The number of aromatic nitrogens is 1. The van der Waals surface area contributed by atoms with Crippen LogP contribution in [-0.2, 0) is 0 Å². The number of nitrogens with zero attached hydrogens (tertiary/aromatic N) is 4. The lowest BCUT2D eigenvalue weighted by Gasteiger charge is -2.37. The molecular formula is C20H36N6OS. The molecule has 0 aliphatic carbocycles. The maximum atomic E-state index is 9.12. The Morgan fingerprint density at radius 2 is 1.96 bits per heavy atom. The maximum absolute atomic E-state index is 9.12. The number of piperazine rings is 2. The zero-order valence-electron chi connectivity index (χ0n) is 17.1. The molecule has 3 N–H and O–H groups in total. The van der Waals surface area contributed by atoms with Crippen LogP contribution >= 0.6 is 11.3 Å². The van der Waals surface area contributed by atoms with Crippen molar-refractivity contribution in [1.29, 1.82) is 0 Å². The van der Waals surface area contributed by atoms with Gasteiger partial charge in [0.2, 0.25) is 0 Å². The van der Waals surface area contributed by atoms with Crippen LogP contribution in [0.15, 0.2) is 11.6 Å². The number of likely N-dealkylation sites (N-methyl/N-ethyl adjacent to an activating group) is 1. The first-order valence-corrected chi connectivity index (χ1v) is 11.8. The maximum Gasteiger partial charge on any atom is 0.182 e. The van der Waals surface area contributed by atoms with E-state index in [1.54, 1.807) is 11.3 Å². The molecule has 7 nitrogen and oxygen atoms in total. The highest BCUT2D eigenvalue weighted by molar-refractivity contribution is 7.13. The fraction of sp³-hybridized carbons (Fsp3) is 0.850. The highest BCUT2D eigenvalue weighted by Crippen LogP contribution is 2.27. The zero-order chi connectivity index (χ0) is 19.3. The lowest BCUT2D eigenvalue weighted by atomic mass is 10.2. The quantitative estimate of drug-likeness (QED) is 0.679. The molecule has 0 spiro atoms. The molecule has 1 aromatic heterocycles. The lowest BCUT2D eigenvalue weighted by molar-refractivity contribution is 0.0685. The number of thiazole rings is 1. The summed E-state index contributed by atoms with van der Waals surface area (Å²) in [7, 11) is 2.18. The van der Waals surface area contributed by atoms with E-state index in [0.29, 0.717) is 18.7 Å². The van der Waals surface area contributed by atoms with Crippen LogP contribution in [0, 0.1) is 0 Å². The molecule has 4 fully saturated rings. The van der Waals surface area contributed by atoms with Gasteiger partial charge in [-0.05, 0) is 32.7 Å². The van der Waals surface area contributed by atoms with Crippen LogP contribution in [0.5, 0.6) is 0 Å². The molecule has 4 aliphatic rings. The van der Waals surface area contributed by atoms with Crippen LogP contribution in [0.1, 0.15) is 25.7 Å². The number of hydrogen-bond acceptors (Lipinski definition) is 8. The average Bonchev–Trinajstić information content (AvgIpc) is 3.46. The third kappa shape index (κ3) is 4.86. The van der Waals surface area contributed by atoms with Gasteiger partial charge in [0.05, 0.1) is 6.61 Å². The first kappa shape index (κ1) is 20.5. The van der Waals surface area contributed by atoms with E-state index in [2.05, 4.69) is 37.4 Å². The summed E-state index contributed by atoms with van der Waals surface area (Å²) in [6.07, 6.45) is 6.99. The van der Waals surface area contributed by atoms with Crippen molar-refractivity contribution in [3.8, 4) is 0 Å². The summed E-state index contributed by atoms with van der Waals surface area (Å²) in [6, 6.07) is 2.66. The van der Waals surface area contributed by atoms with E-state index in [9.17, 15) is 0 Å². The van der Waals surface area contributed by atoms with Crippen LogP contribution in [0.2, 0.25) is 0 Å². The van der Waals surface area contributed by atoms with E-state index in [1.807, 2.05) is 11.6 Å². The lowest BCUT2D eigenvalue weighted by Crippen LogP contribution is -2.51. The molecule has 4 atom stereocenters. The van der Waals surface area contributed by atoms with Gasteiger partial charge in [0.15, 0.2) is 5.13 Å². The van der Waals surface area contributed by atoms with Crippen LogP contribution in [0.3, 0.4) is 0 Å². The van der Waals surface area contributed by atoms with E-state index >= 15 is 0 Å². The predicted molar refractivity (Wildman–Crippen MR) is 115 cm³/mol. The number of aliphatic hydroxyl groups is 1. The summed E-state index contributed by atoms with van der Waals surface area (Å²) >= 11 is 1.68. The summed E-state index contributed by atoms with van der Waals surface area (Å²) in [6.45, 7) is 8.41. The number of rotatable bonds is 4. The van der Waals surface area contributed by atoms with Crippen molar-refractivity contribution in [2.45, 2.75) is 49.9 Å². The summed E-state index contributed by atoms with van der Waals surface area (Å²) in [5.41, 5.74) is 0. The minimum absolute atomic E-state index is 0.347. The Labute approximate surface area is 173 Å². The second-order valence-electron chi connectivity index (χ2n) is 8.61. The van der Waals surface area contributed by atoms with Crippen LogP contribution < -0.4 is 10.6 Å². The van der Waals surface area contributed by atoms with Gasteiger partial charge in [-0.1, -0.05) is 0 Å². The Hall–Kier alpha value is -0.770. The summed E-state index contributed by atoms with van der Waals surface area (Å²) in [5.74, 6) is 0. The fourth-order valence-corrected chi connectivity index (χ4v) is 5.86. The van der Waals surface area contributed by atoms with Gasteiger partial charge in [-0.25, -0.2) is 4.98 Å².